The molecule has 2 aromatic rings. The fraction of sp³-hybridized carbons (Fsp3) is 0.263. The lowest BCUT2D eigenvalue weighted by atomic mass is 9.90. The molecule has 0 aromatic heterocycles. The van der Waals surface area contributed by atoms with E-state index in [1.54, 1.807) is 37.4 Å². The van der Waals surface area contributed by atoms with E-state index in [-0.39, 0.29) is 18.3 Å². The van der Waals surface area contributed by atoms with Crippen molar-refractivity contribution in [1.82, 2.24) is 0 Å². The van der Waals surface area contributed by atoms with Crippen LogP contribution in [0.5, 0.6) is 28.7 Å². The lowest BCUT2D eigenvalue weighted by molar-refractivity contribution is 0.0977. The minimum atomic E-state index is -1.10. The number of rotatable bonds is 6. The fourth-order valence-corrected chi connectivity index (χ4v) is 2.80. The molecule has 0 radical (unpaired) electrons. The largest absolute Gasteiger partial charge is 0.497 e. The molecule has 1 atom stereocenters. The highest BCUT2D eigenvalue weighted by molar-refractivity contribution is 6.03. The highest BCUT2D eigenvalue weighted by Crippen LogP contribution is 2.51. The van der Waals surface area contributed by atoms with Crippen molar-refractivity contribution in [2.45, 2.75) is 5.92 Å². The molecule has 7 nitrogen and oxygen atoms in total. The van der Waals surface area contributed by atoms with Crippen molar-refractivity contribution in [2.75, 3.05) is 28.1 Å². The average molecular weight is 355 g/mol. The van der Waals surface area contributed by atoms with Crippen LogP contribution < -0.4 is 23.7 Å². The number of ketones is 1. The van der Waals surface area contributed by atoms with Crippen LogP contribution in [0.1, 0.15) is 21.8 Å². The number of carbonyl (C=O) groups excluding carboxylic acids is 1. The Hall–Kier alpha value is -3.40. The molecule has 0 fully saturated rings. The van der Waals surface area contributed by atoms with Crippen molar-refractivity contribution in [1.29, 1.82) is 5.26 Å². The number of ether oxygens (including phenoxy) is 5. The first kappa shape index (κ1) is 17.4. The van der Waals surface area contributed by atoms with Gasteiger partial charge in [-0.2, -0.15) is 5.26 Å². The molecule has 7 heteroatoms. The lowest BCUT2D eigenvalue weighted by Crippen LogP contribution is -2.13. The molecule has 1 heterocycles. The van der Waals surface area contributed by atoms with E-state index in [0.717, 1.165) is 0 Å². The zero-order chi connectivity index (χ0) is 18.7. The Morgan fingerprint density at radius 1 is 1.08 bits per heavy atom. The van der Waals surface area contributed by atoms with Gasteiger partial charge < -0.3 is 23.7 Å². The van der Waals surface area contributed by atoms with Crippen LogP contribution in [0.15, 0.2) is 30.3 Å². The summed E-state index contributed by atoms with van der Waals surface area (Å²) >= 11 is 0. The molecule has 26 heavy (non-hydrogen) atoms. The van der Waals surface area contributed by atoms with E-state index >= 15 is 0 Å². The second-order valence-electron chi connectivity index (χ2n) is 5.42. The van der Waals surface area contributed by atoms with Crippen molar-refractivity contribution in [3.63, 3.8) is 0 Å². The standard InChI is InChI=1S/C19H17NO6/c1-22-12-6-4-11(5-7-12)16(21)14(9-20)13-8-15(23-2)18-19(17(13)24-3)26-10-25-18/h4-8,14H,10H2,1-3H3/t14-/m1/s1. The quantitative estimate of drug-likeness (QED) is 0.736. The third-order valence-corrected chi connectivity index (χ3v) is 4.09. The van der Waals surface area contributed by atoms with Crippen LogP contribution in [0.3, 0.4) is 0 Å². The maximum Gasteiger partial charge on any atom is 0.231 e. The van der Waals surface area contributed by atoms with Crippen molar-refractivity contribution < 1.29 is 28.5 Å². The van der Waals surface area contributed by atoms with Gasteiger partial charge in [0.2, 0.25) is 18.3 Å². The molecule has 0 unspecified atom stereocenters. The van der Waals surface area contributed by atoms with E-state index in [2.05, 4.69) is 0 Å². The summed E-state index contributed by atoms with van der Waals surface area (Å²) in [4.78, 5) is 12.9. The van der Waals surface area contributed by atoms with Gasteiger partial charge in [0.15, 0.2) is 17.3 Å². The van der Waals surface area contributed by atoms with Crippen molar-refractivity contribution in [3.8, 4) is 34.8 Å². The summed E-state index contributed by atoms with van der Waals surface area (Å²) in [5.74, 6) is 0.530. The molecule has 0 saturated heterocycles. The maximum atomic E-state index is 12.9. The van der Waals surface area contributed by atoms with Crippen LogP contribution in [-0.2, 0) is 0 Å². The first-order chi connectivity index (χ1) is 12.6. The van der Waals surface area contributed by atoms with Crippen LogP contribution in [-0.4, -0.2) is 33.9 Å². The molecule has 2 aromatic carbocycles. The van der Waals surface area contributed by atoms with E-state index in [9.17, 15) is 10.1 Å². The Morgan fingerprint density at radius 3 is 2.35 bits per heavy atom. The topological polar surface area (TPSA) is 87.0 Å². The zero-order valence-corrected chi connectivity index (χ0v) is 14.6. The third-order valence-electron chi connectivity index (χ3n) is 4.09. The number of nitriles is 1. The Kier molecular flexibility index (Phi) is 4.85. The smallest absolute Gasteiger partial charge is 0.231 e. The van der Waals surface area contributed by atoms with Crippen LogP contribution in [0.2, 0.25) is 0 Å². The maximum absolute atomic E-state index is 12.9. The number of hydrogen-bond donors (Lipinski definition) is 0. The third kappa shape index (κ3) is 2.86. The highest BCUT2D eigenvalue weighted by Gasteiger charge is 2.33. The van der Waals surface area contributed by atoms with Gasteiger partial charge in [-0.1, -0.05) is 0 Å². The number of Topliss-reactive ketones (excluding diaryl/α,β-unsaturated/α-hetero) is 1. The summed E-state index contributed by atoms with van der Waals surface area (Å²) < 4.78 is 26.7. The highest BCUT2D eigenvalue weighted by atomic mass is 16.7. The normalized spacial score (nSPS) is 12.8. The lowest BCUT2D eigenvalue weighted by Gasteiger charge is -2.17. The minimum absolute atomic E-state index is 0.00908. The van der Waals surface area contributed by atoms with Gasteiger partial charge in [0.25, 0.3) is 0 Å². The van der Waals surface area contributed by atoms with Gasteiger partial charge in [-0.3, -0.25) is 4.79 Å². The van der Waals surface area contributed by atoms with E-state index in [0.29, 0.717) is 34.1 Å². The van der Waals surface area contributed by atoms with Crippen molar-refractivity contribution in [3.05, 3.63) is 41.5 Å². The molecular weight excluding hydrogens is 338 g/mol. The molecule has 0 N–H and O–H groups in total. The summed E-state index contributed by atoms with van der Waals surface area (Å²) in [5.41, 5.74) is 0.743. The number of carbonyl (C=O) groups is 1. The Morgan fingerprint density at radius 2 is 1.77 bits per heavy atom. The predicted octanol–water partition coefficient (Wildman–Crippen LogP) is 2.93. The second kappa shape index (κ2) is 7.23. The van der Waals surface area contributed by atoms with Gasteiger partial charge in [-0.05, 0) is 30.3 Å². The number of hydrogen-bond acceptors (Lipinski definition) is 7. The second-order valence-corrected chi connectivity index (χ2v) is 5.42. The average Bonchev–Trinajstić information content (AvgIpc) is 3.17. The molecule has 0 aliphatic carbocycles. The first-order valence-electron chi connectivity index (χ1n) is 7.77. The van der Waals surface area contributed by atoms with Gasteiger partial charge in [-0.25, -0.2) is 0 Å². The van der Waals surface area contributed by atoms with Crippen LogP contribution >= 0.6 is 0 Å². The van der Waals surface area contributed by atoms with Crippen LogP contribution in [0.4, 0.5) is 0 Å². The molecule has 134 valence electrons. The van der Waals surface area contributed by atoms with Gasteiger partial charge >= 0.3 is 0 Å². The van der Waals surface area contributed by atoms with Crippen LogP contribution in [0.25, 0.3) is 0 Å². The number of benzene rings is 2. The fourth-order valence-electron chi connectivity index (χ4n) is 2.80. The predicted molar refractivity (Wildman–Crippen MR) is 91.3 cm³/mol. The molecule has 3 rings (SSSR count). The van der Waals surface area contributed by atoms with Gasteiger partial charge in [0, 0.05) is 11.1 Å². The van der Waals surface area contributed by atoms with E-state index in [1.807, 2.05) is 6.07 Å². The summed E-state index contributed by atoms with van der Waals surface area (Å²) in [5, 5.41) is 9.68. The number of nitrogens with zero attached hydrogens (tertiary/aromatic N) is 1. The van der Waals surface area contributed by atoms with E-state index < -0.39 is 5.92 Å². The Balaban J connectivity index is 2.07. The number of methoxy groups -OCH3 is 3. The van der Waals surface area contributed by atoms with Crippen LogP contribution in [0, 0.1) is 11.3 Å². The summed E-state index contributed by atoms with van der Waals surface area (Å²) in [6, 6.07) is 10.2. The summed E-state index contributed by atoms with van der Waals surface area (Å²) in [6.07, 6.45) is 0. The molecule has 0 saturated carbocycles. The summed E-state index contributed by atoms with van der Waals surface area (Å²) in [6.45, 7) is 0.00908. The molecule has 1 aliphatic heterocycles. The Bertz CT molecular complexity index is 869. The monoisotopic (exact) mass is 355 g/mol. The van der Waals surface area contributed by atoms with Crippen molar-refractivity contribution in [2.24, 2.45) is 0 Å². The van der Waals surface area contributed by atoms with Gasteiger partial charge in [0.05, 0.1) is 27.4 Å². The Labute approximate surface area is 150 Å². The summed E-state index contributed by atoms with van der Waals surface area (Å²) in [7, 11) is 4.46. The van der Waals surface area contributed by atoms with Crippen molar-refractivity contribution >= 4 is 5.78 Å². The van der Waals surface area contributed by atoms with E-state index in [1.165, 1.54) is 14.2 Å². The van der Waals surface area contributed by atoms with Gasteiger partial charge in [-0.15, -0.1) is 0 Å². The minimum Gasteiger partial charge on any atom is -0.497 e. The molecule has 1 aliphatic rings. The molecule has 0 spiro atoms. The zero-order valence-electron chi connectivity index (χ0n) is 14.6. The first-order valence-corrected chi connectivity index (χ1v) is 7.77. The molecular formula is C19H17NO6. The molecule has 0 bridgehead atoms. The van der Waals surface area contributed by atoms with Gasteiger partial charge in [0.1, 0.15) is 11.7 Å². The SMILES string of the molecule is COc1ccc(C(=O)[C@H](C#N)c2cc(OC)c3c(c2OC)OCO3)cc1. The number of fused-ring (bicyclic) bond motifs is 1. The van der Waals surface area contributed by atoms with E-state index in [4.69, 9.17) is 23.7 Å². The molecule has 0 amide bonds.